The molecule has 0 radical (unpaired) electrons. The van der Waals surface area contributed by atoms with Crippen LogP contribution in [0.4, 0.5) is 0 Å². The van der Waals surface area contributed by atoms with Crippen LogP contribution in [0.25, 0.3) is 0 Å². The first-order valence-corrected chi connectivity index (χ1v) is 14.3. The van der Waals surface area contributed by atoms with Gasteiger partial charge < -0.3 is 14.8 Å². The monoisotopic (exact) mass is 289 g/mol. The van der Waals surface area contributed by atoms with Gasteiger partial charge in [0.2, 0.25) is 0 Å². The van der Waals surface area contributed by atoms with Crippen LogP contribution in [-0.2, 0) is 9.47 Å². The van der Waals surface area contributed by atoms with Crippen molar-refractivity contribution in [3.63, 3.8) is 0 Å². The van der Waals surface area contributed by atoms with Gasteiger partial charge in [0.05, 0.1) is 29.4 Å². The van der Waals surface area contributed by atoms with Crippen molar-refractivity contribution in [1.82, 2.24) is 5.32 Å². The van der Waals surface area contributed by atoms with Gasteiger partial charge in [-0.15, -0.1) is 0 Å². The molecule has 0 aromatic carbocycles. The van der Waals surface area contributed by atoms with Crippen molar-refractivity contribution in [1.29, 1.82) is 0 Å². The largest absolute Gasteiger partial charge is 0.348 e. The molecule has 1 atom stereocenters. The quantitative estimate of drug-likeness (QED) is 0.763. The van der Waals surface area contributed by atoms with E-state index in [1.54, 1.807) is 0 Å². The predicted molar refractivity (Wildman–Crippen MR) is 83.4 cm³/mol. The molecule has 1 aliphatic rings. The molecule has 0 spiro atoms. The van der Waals surface area contributed by atoms with Gasteiger partial charge in [-0.05, 0) is 13.1 Å². The molecule has 108 valence electrons. The van der Waals surface area contributed by atoms with Crippen LogP contribution >= 0.6 is 0 Å². The van der Waals surface area contributed by atoms with Gasteiger partial charge >= 0.3 is 0 Å². The summed E-state index contributed by atoms with van der Waals surface area (Å²) in [6.45, 7) is 18.1. The first-order valence-electron chi connectivity index (χ1n) is 7.03. The van der Waals surface area contributed by atoms with Crippen LogP contribution in [0.2, 0.25) is 39.3 Å². The van der Waals surface area contributed by atoms with Gasteiger partial charge in [-0.25, -0.2) is 0 Å². The lowest BCUT2D eigenvalue weighted by atomic mass is 10.2. The van der Waals surface area contributed by atoms with Crippen molar-refractivity contribution >= 4 is 16.1 Å². The molecule has 3 nitrogen and oxygen atoms in total. The number of hydrogen-bond donors (Lipinski definition) is 1. The van der Waals surface area contributed by atoms with Gasteiger partial charge in [-0.3, -0.25) is 0 Å². The van der Waals surface area contributed by atoms with Crippen LogP contribution in [0.1, 0.15) is 13.3 Å². The van der Waals surface area contributed by atoms with Gasteiger partial charge in [-0.2, -0.15) is 0 Å². The fourth-order valence-electron chi connectivity index (χ4n) is 2.16. The summed E-state index contributed by atoms with van der Waals surface area (Å²) in [4.78, 5) is 0. The van der Waals surface area contributed by atoms with E-state index in [0.717, 1.165) is 19.6 Å². The van der Waals surface area contributed by atoms with E-state index in [0.29, 0.717) is 5.67 Å². The lowest BCUT2D eigenvalue weighted by Gasteiger charge is -2.37. The molecule has 1 aliphatic heterocycles. The molecule has 0 amide bonds. The second-order valence-electron chi connectivity index (χ2n) is 7.90. The van der Waals surface area contributed by atoms with E-state index < -0.39 is 16.1 Å². The van der Waals surface area contributed by atoms with E-state index in [-0.39, 0.29) is 5.79 Å². The van der Waals surface area contributed by atoms with Crippen LogP contribution < -0.4 is 5.32 Å². The van der Waals surface area contributed by atoms with E-state index in [2.05, 4.69) is 51.5 Å². The highest BCUT2D eigenvalue weighted by molar-refractivity contribution is 6.78. The van der Waals surface area contributed by atoms with Crippen molar-refractivity contribution < 1.29 is 9.47 Å². The predicted octanol–water partition coefficient (Wildman–Crippen LogP) is 2.85. The molecule has 0 aromatic heterocycles. The number of hydrogen-bond acceptors (Lipinski definition) is 3. The third-order valence-electron chi connectivity index (χ3n) is 3.40. The lowest BCUT2D eigenvalue weighted by Crippen LogP contribution is -2.55. The highest BCUT2D eigenvalue weighted by Gasteiger charge is 2.38. The molecular weight excluding hydrogens is 258 g/mol. The van der Waals surface area contributed by atoms with Crippen LogP contribution in [0, 0.1) is 0 Å². The summed E-state index contributed by atoms with van der Waals surface area (Å²) in [6, 6.07) is 0. The lowest BCUT2D eigenvalue weighted by molar-refractivity contribution is -0.148. The number of ether oxygens (including phenoxy) is 2. The summed E-state index contributed by atoms with van der Waals surface area (Å²) in [5.74, 6) is -0.364. The SMILES string of the molecule is CC1(CC(NC[Si](C)(C)C)[Si](C)(C)C)OCCO1. The highest BCUT2D eigenvalue weighted by Crippen LogP contribution is 2.27. The van der Waals surface area contributed by atoms with Gasteiger partial charge in [0.1, 0.15) is 0 Å². The molecule has 1 heterocycles. The maximum absolute atomic E-state index is 5.77. The zero-order valence-corrected chi connectivity index (χ0v) is 15.2. The smallest absolute Gasteiger partial charge is 0.166 e. The minimum Gasteiger partial charge on any atom is -0.348 e. The normalized spacial score (nSPS) is 22.2. The van der Waals surface area contributed by atoms with Crippen molar-refractivity contribution in [2.45, 2.75) is 64.1 Å². The van der Waals surface area contributed by atoms with Crippen LogP contribution in [0.5, 0.6) is 0 Å². The minimum atomic E-state index is -1.25. The fraction of sp³-hybridized carbons (Fsp3) is 1.00. The summed E-state index contributed by atoms with van der Waals surface area (Å²) in [7, 11) is -2.30. The third-order valence-corrected chi connectivity index (χ3v) is 7.16. The Morgan fingerprint density at radius 2 is 1.56 bits per heavy atom. The molecule has 1 saturated heterocycles. The molecular formula is C13H31NO2Si2. The average Bonchev–Trinajstić information content (AvgIpc) is 2.57. The molecule has 0 aromatic rings. The van der Waals surface area contributed by atoms with Crippen molar-refractivity contribution in [2.75, 3.05) is 19.4 Å². The fourth-order valence-corrected chi connectivity index (χ4v) is 4.92. The van der Waals surface area contributed by atoms with Gasteiger partial charge in [0.15, 0.2) is 5.79 Å². The zero-order chi connectivity index (χ0) is 14.0. The second kappa shape index (κ2) is 5.75. The van der Waals surface area contributed by atoms with Crippen molar-refractivity contribution in [2.24, 2.45) is 0 Å². The third kappa shape index (κ3) is 5.53. The molecule has 1 unspecified atom stereocenters. The Labute approximate surface area is 115 Å². The topological polar surface area (TPSA) is 30.5 Å². The molecule has 1 fully saturated rings. The van der Waals surface area contributed by atoms with E-state index in [4.69, 9.17) is 9.47 Å². The van der Waals surface area contributed by atoms with E-state index in [9.17, 15) is 0 Å². The first kappa shape index (κ1) is 16.4. The maximum atomic E-state index is 5.77. The van der Waals surface area contributed by atoms with Crippen LogP contribution in [-0.4, -0.2) is 47.0 Å². The van der Waals surface area contributed by atoms with Gasteiger partial charge in [0.25, 0.3) is 0 Å². The Kier molecular flexibility index (Phi) is 5.23. The highest BCUT2D eigenvalue weighted by atomic mass is 28.3. The summed E-state index contributed by atoms with van der Waals surface area (Å²) >= 11 is 0. The van der Waals surface area contributed by atoms with Crippen molar-refractivity contribution in [3.05, 3.63) is 0 Å². The summed E-state index contributed by atoms with van der Waals surface area (Å²) in [5, 5.41) is 3.82. The standard InChI is InChI=1S/C13H31NO2Si2/c1-13(15-8-9-16-13)10-12(18(5,6)7)14-11-17(2,3)4/h12,14H,8-11H2,1-7H3. The summed E-state index contributed by atoms with van der Waals surface area (Å²) in [5.41, 5.74) is 0.562. The Morgan fingerprint density at radius 1 is 1.06 bits per heavy atom. The van der Waals surface area contributed by atoms with E-state index in [1.807, 2.05) is 0 Å². The molecule has 5 heteroatoms. The Hall–Kier alpha value is 0.314. The molecule has 18 heavy (non-hydrogen) atoms. The van der Waals surface area contributed by atoms with Gasteiger partial charge in [-0.1, -0.05) is 39.3 Å². The van der Waals surface area contributed by atoms with Gasteiger partial charge in [0, 0.05) is 12.1 Å². The first-order chi connectivity index (χ1) is 8.02. The molecule has 0 saturated carbocycles. The molecule has 0 bridgehead atoms. The number of rotatable bonds is 6. The minimum absolute atomic E-state index is 0.364. The average molecular weight is 290 g/mol. The molecule has 1 rings (SSSR count). The van der Waals surface area contributed by atoms with Crippen molar-refractivity contribution in [3.8, 4) is 0 Å². The Bertz CT molecular complexity index is 265. The molecule has 0 aliphatic carbocycles. The molecule has 1 N–H and O–H groups in total. The summed E-state index contributed by atoms with van der Waals surface area (Å²) in [6.07, 6.45) is 2.16. The van der Waals surface area contributed by atoms with Crippen LogP contribution in [0.15, 0.2) is 0 Å². The van der Waals surface area contributed by atoms with E-state index in [1.165, 1.54) is 6.17 Å². The van der Waals surface area contributed by atoms with Crippen LogP contribution in [0.3, 0.4) is 0 Å². The maximum Gasteiger partial charge on any atom is 0.166 e. The number of nitrogens with one attached hydrogen (secondary N) is 1. The Balaban J connectivity index is 2.62. The second-order valence-corrected chi connectivity index (χ2v) is 18.8. The summed E-state index contributed by atoms with van der Waals surface area (Å²) < 4.78 is 11.5. The Morgan fingerprint density at radius 3 is 1.94 bits per heavy atom. The zero-order valence-electron chi connectivity index (χ0n) is 13.2. The van der Waals surface area contributed by atoms with E-state index >= 15 is 0 Å².